The van der Waals surface area contributed by atoms with Crippen LogP contribution in [0.25, 0.3) is 11.1 Å². The van der Waals surface area contributed by atoms with E-state index in [-0.39, 0.29) is 12.5 Å². The van der Waals surface area contributed by atoms with E-state index in [9.17, 15) is 14.4 Å². The van der Waals surface area contributed by atoms with Crippen molar-refractivity contribution >= 4 is 28.8 Å². The molecule has 2 heterocycles. The number of likely N-dealkylation sites (N-methyl/N-ethyl adjacent to an activating group) is 1. The molecule has 2 amide bonds. The third kappa shape index (κ3) is 2.12. The first-order chi connectivity index (χ1) is 10.5. The Balaban J connectivity index is 1.96. The maximum Gasteiger partial charge on any atom is 0.419 e. The van der Waals surface area contributed by atoms with E-state index < -0.39 is 18.0 Å². The van der Waals surface area contributed by atoms with E-state index in [1.165, 1.54) is 16.5 Å². The summed E-state index contributed by atoms with van der Waals surface area (Å²) in [5, 5.41) is 2.44. The number of hydrogen-bond acceptors (Lipinski definition) is 5. The van der Waals surface area contributed by atoms with Crippen molar-refractivity contribution < 1.29 is 18.7 Å². The Labute approximate surface area is 125 Å². The molecule has 1 fully saturated rings. The Morgan fingerprint density at radius 2 is 2.18 bits per heavy atom. The van der Waals surface area contributed by atoms with Gasteiger partial charge in [-0.15, -0.1) is 0 Å². The van der Waals surface area contributed by atoms with Gasteiger partial charge in [0, 0.05) is 19.7 Å². The summed E-state index contributed by atoms with van der Waals surface area (Å²) in [4.78, 5) is 36.5. The molecule has 2 aromatic rings. The summed E-state index contributed by atoms with van der Waals surface area (Å²) >= 11 is 0. The van der Waals surface area contributed by atoms with Gasteiger partial charge in [0.2, 0.25) is 0 Å². The Kier molecular flexibility index (Phi) is 3.36. The molecule has 3 rings (SSSR count). The van der Waals surface area contributed by atoms with Crippen molar-refractivity contribution in [1.82, 2.24) is 9.88 Å². The molecule has 0 radical (unpaired) electrons. The summed E-state index contributed by atoms with van der Waals surface area (Å²) in [6, 6.07) is 4.99. The number of benzene rings is 1. The fourth-order valence-electron chi connectivity index (χ4n) is 2.49. The first kappa shape index (κ1) is 14.2. The van der Waals surface area contributed by atoms with E-state index in [1.807, 2.05) is 6.92 Å². The minimum Gasteiger partial charge on any atom is -0.434 e. The van der Waals surface area contributed by atoms with E-state index in [0.29, 0.717) is 23.3 Å². The number of cyclic esters (lactones) is 1. The van der Waals surface area contributed by atoms with Crippen LogP contribution < -0.4 is 16.0 Å². The number of nitrogens with zero attached hydrogens (tertiary/aromatic N) is 2. The molecule has 1 aromatic carbocycles. The highest BCUT2D eigenvalue weighted by molar-refractivity contribution is 5.96. The molecular formula is C14H15N3O5. The maximum atomic E-state index is 11.9. The molecule has 1 aliphatic rings. The third-order valence-electron chi connectivity index (χ3n) is 3.63. The fourth-order valence-corrected chi connectivity index (χ4v) is 2.49. The van der Waals surface area contributed by atoms with E-state index in [4.69, 9.17) is 9.15 Å². The Morgan fingerprint density at radius 1 is 1.41 bits per heavy atom. The molecule has 1 saturated heterocycles. The molecule has 0 bridgehead atoms. The lowest BCUT2D eigenvalue weighted by molar-refractivity contribution is -0.127. The highest BCUT2D eigenvalue weighted by atomic mass is 16.6. The number of amides is 2. The lowest BCUT2D eigenvalue weighted by atomic mass is 10.2. The van der Waals surface area contributed by atoms with Gasteiger partial charge in [0.25, 0.3) is 5.91 Å². The molecular weight excluding hydrogens is 290 g/mol. The Hall–Kier alpha value is -2.77. The Morgan fingerprint density at radius 3 is 2.86 bits per heavy atom. The molecule has 8 nitrogen and oxygen atoms in total. The fraction of sp³-hybridized carbons (Fsp3) is 0.357. The van der Waals surface area contributed by atoms with Gasteiger partial charge in [-0.05, 0) is 19.1 Å². The summed E-state index contributed by atoms with van der Waals surface area (Å²) in [7, 11) is 1.48. The highest BCUT2D eigenvalue weighted by Crippen LogP contribution is 2.25. The summed E-state index contributed by atoms with van der Waals surface area (Å²) in [5.41, 5.74) is 1.56. The van der Waals surface area contributed by atoms with Crippen LogP contribution >= 0.6 is 0 Å². The van der Waals surface area contributed by atoms with Crippen LogP contribution in [0.3, 0.4) is 0 Å². The monoisotopic (exact) mass is 305 g/mol. The van der Waals surface area contributed by atoms with Crippen LogP contribution in [0.2, 0.25) is 0 Å². The van der Waals surface area contributed by atoms with Crippen molar-refractivity contribution in [2.75, 3.05) is 18.5 Å². The molecule has 0 spiro atoms. The summed E-state index contributed by atoms with van der Waals surface area (Å²) in [6.07, 6.45) is -1.45. The van der Waals surface area contributed by atoms with Crippen LogP contribution in [-0.2, 0) is 16.1 Å². The smallest absolute Gasteiger partial charge is 0.419 e. The number of hydrogen-bond donors (Lipinski definition) is 1. The number of nitrogens with one attached hydrogen (secondary N) is 1. The molecule has 1 N–H and O–H groups in total. The quantitative estimate of drug-likeness (QED) is 0.900. The van der Waals surface area contributed by atoms with Gasteiger partial charge < -0.3 is 14.5 Å². The molecule has 1 unspecified atom stereocenters. The third-order valence-corrected chi connectivity index (χ3v) is 3.63. The van der Waals surface area contributed by atoms with Crippen LogP contribution in [0.1, 0.15) is 6.92 Å². The van der Waals surface area contributed by atoms with E-state index in [2.05, 4.69) is 5.32 Å². The molecule has 1 aromatic heterocycles. The normalized spacial score (nSPS) is 17.8. The average molecular weight is 305 g/mol. The van der Waals surface area contributed by atoms with E-state index >= 15 is 0 Å². The van der Waals surface area contributed by atoms with Gasteiger partial charge in [0.15, 0.2) is 11.7 Å². The van der Waals surface area contributed by atoms with Crippen molar-refractivity contribution in [3.8, 4) is 0 Å². The van der Waals surface area contributed by atoms with Crippen LogP contribution in [-0.4, -0.2) is 36.3 Å². The van der Waals surface area contributed by atoms with Crippen molar-refractivity contribution in [2.24, 2.45) is 0 Å². The van der Waals surface area contributed by atoms with E-state index in [1.54, 1.807) is 18.2 Å². The predicted molar refractivity (Wildman–Crippen MR) is 77.8 cm³/mol. The number of aryl methyl sites for hydroxylation is 1. The maximum absolute atomic E-state index is 11.9. The van der Waals surface area contributed by atoms with Crippen molar-refractivity contribution in [3.05, 3.63) is 28.7 Å². The second-order valence-corrected chi connectivity index (χ2v) is 4.86. The minimum atomic E-state index is -0.847. The molecule has 116 valence electrons. The standard InChI is InChI=1S/C14H15N3O5/c1-3-16-9-5-4-8(6-10(9)21-13(16)19)17-7-11(12(18)15-2)22-14(17)20/h4-6,11H,3,7H2,1-2H3,(H,15,18). The first-order valence-corrected chi connectivity index (χ1v) is 6.88. The van der Waals surface area contributed by atoms with Gasteiger partial charge in [0.1, 0.15) is 0 Å². The van der Waals surface area contributed by atoms with Gasteiger partial charge in [-0.2, -0.15) is 0 Å². The van der Waals surface area contributed by atoms with Crippen molar-refractivity contribution in [1.29, 1.82) is 0 Å². The van der Waals surface area contributed by atoms with Gasteiger partial charge in [0.05, 0.1) is 17.7 Å². The largest absolute Gasteiger partial charge is 0.434 e. The van der Waals surface area contributed by atoms with Gasteiger partial charge in [-0.1, -0.05) is 0 Å². The van der Waals surface area contributed by atoms with Gasteiger partial charge in [-0.3, -0.25) is 14.3 Å². The second kappa shape index (κ2) is 5.21. The number of carbonyl (C=O) groups is 2. The summed E-state index contributed by atoms with van der Waals surface area (Å²) in [6.45, 7) is 2.45. The number of anilines is 1. The van der Waals surface area contributed by atoms with Crippen molar-refractivity contribution in [2.45, 2.75) is 19.6 Å². The lowest BCUT2D eigenvalue weighted by Crippen LogP contribution is -2.35. The molecule has 22 heavy (non-hydrogen) atoms. The minimum absolute atomic E-state index is 0.114. The second-order valence-electron chi connectivity index (χ2n) is 4.86. The summed E-state index contributed by atoms with van der Waals surface area (Å²) < 4.78 is 11.7. The molecule has 0 aliphatic carbocycles. The van der Waals surface area contributed by atoms with Crippen LogP contribution in [0.5, 0.6) is 0 Å². The number of ether oxygens (including phenoxy) is 1. The van der Waals surface area contributed by atoms with Gasteiger partial charge in [-0.25, -0.2) is 9.59 Å². The zero-order valence-electron chi connectivity index (χ0n) is 12.2. The number of carbonyl (C=O) groups excluding carboxylic acids is 2. The molecule has 0 saturated carbocycles. The van der Waals surface area contributed by atoms with Gasteiger partial charge >= 0.3 is 11.8 Å². The number of fused-ring (bicyclic) bond motifs is 1. The number of rotatable bonds is 3. The SMILES string of the molecule is CCn1c(=O)oc2cc(N3CC(C(=O)NC)OC3=O)ccc21. The zero-order valence-corrected chi connectivity index (χ0v) is 12.2. The summed E-state index contributed by atoms with van der Waals surface area (Å²) in [5.74, 6) is -0.803. The van der Waals surface area contributed by atoms with Crippen molar-refractivity contribution in [3.63, 3.8) is 0 Å². The first-order valence-electron chi connectivity index (χ1n) is 6.88. The Bertz CT molecular complexity index is 806. The molecule has 1 atom stereocenters. The lowest BCUT2D eigenvalue weighted by Gasteiger charge is -2.12. The molecule has 8 heteroatoms. The predicted octanol–water partition coefficient (Wildman–Crippen LogP) is 0.686. The number of aromatic nitrogens is 1. The topological polar surface area (TPSA) is 93.8 Å². The van der Waals surface area contributed by atoms with Crippen LogP contribution in [0.4, 0.5) is 10.5 Å². The van der Waals surface area contributed by atoms with Crippen LogP contribution in [0.15, 0.2) is 27.4 Å². The number of oxazole rings is 1. The molecule has 1 aliphatic heterocycles. The zero-order chi connectivity index (χ0) is 15.9. The van der Waals surface area contributed by atoms with Crippen LogP contribution in [0, 0.1) is 0 Å². The highest BCUT2D eigenvalue weighted by Gasteiger charge is 2.36. The average Bonchev–Trinajstić information content (AvgIpc) is 3.04. The van der Waals surface area contributed by atoms with E-state index in [0.717, 1.165) is 0 Å².